The fraction of sp³-hybridized carbons (Fsp3) is 0.118. The van der Waals surface area contributed by atoms with Gasteiger partial charge in [0.05, 0.1) is 11.9 Å². The van der Waals surface area contributed by atoms with Crippen LogP contribution >= 0.6 is 0 Å². The van der Waals surface area contributed by atoms with Crippen LogP contribution in [-0.2, 0) is 6.54 Å². The second-order valence-electron chi connectivity index (χ2n) is 4.45. The van der Waals surface area contributed by atoms with Gasteiger partial charge in [0.2, 0.25) is 0 Å². The lowest BCUT2D eigenvalue weighted by Crippen LogP contribution is -1.99. The van der Waals surface area contributed by atoms with E-state index in [9.17, 15) is 0 Å². The van der Waals surface area contributed by atoms with Crippen molar-refractivity contribution in [1.82, 2.24) is 9.78 Å². The third-order valence-corrected chi connectivity index (χ3v) is 3.27. The molecule has 0 aliphatic carbocycles. The van der Waals surface area contributed by atoms with Crippen LogP contribution in [0, 0.1) is 0 Å². The maximum Gasteiger partial charge on any atom is 0.0760 e. The van der Waals surface area contributed by atoms with Crippen molar-refractivity contribution < 1.29 is 0 Å². The number of aromatic nitrogens is 2. The molecule has 2 nitrogen and oxygen atoms in total. The second kappa shape index (κ2) is 5.11. The second-order valence-corrected chi connectivity index (χ2v) is 4.45. The molecule has 0 saturated carbocycles. The number of hydrogen-bond acceptors (Lipinski definition) is 1. The van der Waals surface area contributed by atoms with Crippen molar-refractivity contribution in [3.8, 4) is 22.4 Å². The molecule has 1 heterocycles. The highest BCUT2D eigenvalue weighted by Gasteiger charge is 2.12. The zero-order valence-corrected chi connectivity index (χ0v) is 11.0. The predicted octanol–water partition coefficient (Wildman–Crippen LogP) is 4.24. The molecule has 19 heavy (non-hydrogen) atoms. The van der Waals surface area contributed by atoms with E-state index in [2.05, 4.69) is 65.2 Å². The molecule has 2 aromatic carbocycles. The molecule has 0 aliphatic rings. The average Bonchev–Trinajstić information content (AvgIpc) is 2.93. The van der Waals surface area contributed by atoms with Crippen molar-refractivity contribution in [3.05, 3.63) is 66.9 Å². The van der Waals surface area contributed by atoms with E-state index in [0.717, 1.165) is 6.54 Å². The Bertz CT molecular complexity index is 654. The molecule has 3 aromatic rings. The summed E-state index contributed by atoms with van der Waals surface area (Å²) in [4.78, 5) is 0. The largest absolute Gasteiger partial charge is 0.265 e. The van der Waals surface area contributed by atoms with Crippen LogP contribution in [0.25, 0.3) is 22.4 Å². The van der Waals surface area contributed by atoms with Gasteiger partial charge in [0.15, 0.2) is 0 Å². The summed E-state index contributed by atoms with van der Waals surface area (Å²) >= 11 is 0. The van der Waals surface area contributed by atoms with E-state index in [1.165, 1.54) is 22.4 Å². The summed E-state index contributed by atoms with van der Waals surface area (Å²) in [5.41, 5.74) is 4.80. The minimum absolute atomic E-state index is 0.872. The topological polar surface area (TPSA) is 17.8 Å². The SMILES string of the molecule is CCn1ncc(-c2ccccc2)c1-c1ccccc1. The van der Waals surface area contributed by atoms with Crippen LogP contribution in [0.2, 0.25) is 0 Å². The molecule has 3 rings (SSSR count). The number of benzene rings is 2. The average molecular weight is 248 g/mol. The van der Waals surface area contributed by atoms with Crippen molar-refractivity contribution in [2.24, 2.45) is 0 Å². The van der Waals surface area contributed by atoms with Gasteiger partial charge in [-0.25, -0.2) is 0 Å². The lowest BCUT2D eigenvalue weighted by Gasteiger charge is -2.08. The van der Waals surface area contributed by atoms with Gasteiger partial charge in [0.25, 0.3) is 0 Å². The van der Waals surface area contributed by atoms with E-state index in [1.54, 1.807) is 0 Å². The predicted molar refractivity (Wildman–Crippen MR) is 78.8 cm³/mol. The maximum atomic E-state index is 4.50. The molecule has 0 amide bonds. The van der Waals surface area contributed by atoms with E-state index in [0.29, 0.717) is 0 Å². The van der Waals surface area contributed by atoms with Crippen molar-refractivity contribution in [1.29, 1.82) is 0 Å². The molecule has 0 spiro atoms. The van der Waals surface area contributed by atoms with E-state index >= 15 is 0 Å². The molecule has 2 heteroatoms. The normalized spacial score (nSPS) is 10.6. The lowest BCUT2D eigenvalue weighted by molar-refractivity contribution is 0.667. The van der Waals surface area contributed by atoms with Crippen molar-refractivity contribution in [2.75, 3.05) is 0 Å². The van der Waals surface area contributed by atoms with Crippen LogP contribution in [0.15, 0.2) is 66.9 Å². The Morgan fingerprint density at radius 1 is 0.842 bits per heavy atom. The molecule has 1 aromatic heterocycles. The lowest BCUT2D eigenvalue weighted by atomic mass is 10.0. The Morgan fingerprint density at radius 2 is 1.42 bits per heavy atom. The van der Waals surface area contributed by atoms with Gasteiger partial charge in [-0.1, -0.05) is 60.7 Å². The number of hydrogen-bond donors (Lipinski definition) is 0. The molecule has 0 N–H and O–H groups in total. The minimum Gasteiger partial charge on any atom is -0.265 e. The quantitative estimate of drug-likeness (QED) is 0.678. The van der Waals surface area contributed by atoms with Gasteiger partial charge in [-0.15, -0.1) is 0 Å². The molecule has 0 atom stereocenters. The molecule has 0 fully saturated rings. The molecule has 0 bridgehead atoms. The fourth-order valence-electron chi connectivity index (χ4n) is 2.35. The monoisotopic (exact) mass is 248 g/mol. The van der Waals surface area contributed by atoms with Gasteiger partial charge < -0.3 is 0 Å². The maximum absolute atomic E-state index is 4.50. The van der Waals surface area contributed by atoms with Gasteiger partial charge in [-0.3, -0.25) is 4.68 Å². The first kappa shape index (κ1) is 11.7. The van der Waals surface area contributed by atoms with Gasteiger partial charge in [-0.05, 0) is 12.5 Å². The first-order valence-electron chi connectivity index (χ1n) is 6.57. The minimum atomic E-state index is 0.872. The van der Waals surface area contributed by atoms with Gasteiger partial charge in [-0.2, -0.15) is 5.10 Å². The molecule has 94 valence electrons. The van der Waals surface area contributed by atoms with E-state index in [1.807, 2.05) is 18.3 Å². The molecular weight excluding hydrogens is 232 g/mol. The first-order chi connectivity index (χ1) is 9.40. The summed E-state index contributed by atoms with van der Waals surface area (Å²) in [5, 5.41) is 4.50. The zero-order valence-electron chi connectivity index (χ0n) is 11.0. The Morgan fingerprint density at radius 3 is 2.00 bits per heavy atom. The van der Waals surface area contributed by atoms with Crippen LogP contribution in [0.5, 0.6) is 0 Å². The van der Waals surface area contributed by atoms with Crippen LogP contribution in [0.3, 0.4) is 0 Å². The first-order valence-corrected chi connectivity index (χ1v) is 6.57. The Hall–Kier alpha value is -2.35. The summed E-state index contributed by atoms with van der Waals surface area (Å²) in [7, 11) is 0. The highest BCUT2D eigenvalue weighted by molar-refractivity contribution is 5.80. The smallest absolute Gasteiger partial charge is 0.0760 e. The van der Waals surface area contributed by atoms with Gasteiger partial charge in [0.1, 0.15) is 0 Å². The summed E-state index contributed by atoms with van der Waals surface area (Å²) < 4.78 is 2.05. The molecule has 0 radical (unpaired) electrons. The van der Waals surface area contributed by atoms with E-state index < -0.39 is 0 Å². The van der Waals surface area contributed by atoms with Crippen molar-refractivity contribution >= 4 is 0 Å². The van der Waals surface area contributed by atoms with E-state index in [-0.39, 0.29) is 0 Å². The summed E-state index contributed by atoms with van der Waals surface area (Å²) in [6.45, 7) is 2.99. The van der Waals surface area contributed by atoms with Gasteiger partial charge in [0, 0.05) is 17.7 Å². The molecule has 0 unspecified atom stereocenters. The summed E-state index contributed by atoms with van der Waals surface area (Å²) in [5.74, 6) is 0. The third kappa shape index (κ3) is 2.17. The van der Waals surface area contributed by atoms with E-state index in [4.69, 9.17) is 0 Å². The van der Waals surface area contributed by atoms with Crippen LogP contribution in [0.1, 0.15) is 6.92 Å². The number of aryl methyl sites for hydroxylation is 1. The van der Waals surface area contributed by atoms with Gasteiger partial charge >= 0.3 is 0 Å². The summed E-state index contributed by atoms with van der Waals surface area (Å²) in [6.07, 6.45) is 1.96. The van der Waals surface area contributed by atoms with Crippen molar-refractivity contribution in [3.63, 3.8) is 0 Å². The third-order valence-electron chi connectivity index (χ3n) is 3.27. The molecule has 0 aliphatic heterocycles. The number of nitrogens with zero attached hydrogens (tertiary/aromatic N) is 2. The standard InChI is InChI=1S/C17H16N2/c1-2-19-17(15-11-7-4-8-12-15)16(13-18-19)14-9-5-3-6-10-14/h3-13H,2H2,1H3. The number of rotatable bonds is 3. The fourth-order valence-corrected chi connectivity index (χ4v) is 2.35. The molecular formula is C17H16N2. The van der Waals surface area contributed by atoms with Crippen molar-refractivity contribution in [2.45, 2.75) is 13.5 Å². The van der Waals surface area contributed by atoms with Crippen LogP contribution in [-0.4, -0.2) is 9.78 Å². The Kier molecular flexibility index (Phi) is 3.15. The molecule has 0 saturated heterocycles. The summed E-state index contributed by atoms with van der Waals surface area (Å²) in [6, 6.07) is 20.9. The highest BCUT2D eigenvalue weighted by Crippen LogP contribution is 2.31. The zero-order chi connectivity index (χ0) is 13.1. The Balaban J connectivity index is 2.20. The Labute approximate surface area is 113 Å². The van der Waals surface area contributed by atoms with Crippen LogP contribution in [0.4, 0.5) is 0 Å². The van der Waals surface area contributed by atoms with Crippen LogP contribution < -0.4 is 0 Å². The highest BCUT2D eigenvalue weighted by atomic mass is 15.3.